The van der Waals surface area contributed by atoms with Crippen LogP contribution in [0.15, 0.2) is 0 Å². The lowest BCUT2D eigenvalue weighted by Crippen LogP contribution is -2.48. The van der Waals surface area contributed by atoms with Crippen molar-refractivity contribution in [1.82, 2.24) is 16.2 Å². The number of aliphatic hydroxyl groups excluding tert-OH is 2. The molecule has 0 spiro atoms. The zero-order valence-corrected chi connectivity index (χ0v) is 9.41. The summed E-state index contributed by atoms with van der Waals surface area (Å²) >= 11 is 2.08. The zero-order chi connectivity index (χ0) is 10.3. The molecule has 0 aliphatic carbocycles. The summed E-state index contributed by atoms with van der Waals surface area (Å²) in [5.74, 6) is 0. The average Bonchev–Trinajstić information content (AvgIpc) is 2.10. The maximum absolute atomic E-state index is 10.9. The van der Waals surface area contributed by atoms with Crippen molar-refractivity contribution in [3.63, 3.8) is 0 Å². The molecule has 0 aliphatic rings. The van der Waals surface area contributed by atoms with Crippen LogP contribution in [0.1, 0.15) is 6.92 Å². The number of carbonyl (C=O) groups excluding carboxylic acids is 1. The molecule has 13 heavy (non-hydrogen) atoms. The predicted octanol–water partition coefficient (Wildman–Crippen LogP) is -1.08. The highest BCUT2D eigenvalue weighted by Gasteiger charge is 2.04. The Hall–Kier alpha value is -0.120. The average molecular weight is 303 g/mol. The summed E-state index contributed by atoms with van der Waals surface area (Å²) in [5.41, 5.74) is 5.03. The van der Waals surface area contributed by atoms with E-state index < -0.39 is 12.1 Å². The van der Waals surface area contributed by atoms with Gasteiger partial charge < -0.3 is 15.5 Å². The van der Waals surface area contributed by atoms with Gasteiger partial charge in [-0.3, -0.25) is 5.43 Å². The van der Waals surface area contributed by atoms with E-state index in [2.05, 4.69) is 38.8 Å². The van der Waals surface area contributed by atoms with Gasteiger partial charge >= 0.3 is 6.03 Å². The van der Waals surface area contributed by atoms with Crippen LogP contribution in [0, 0.1) is 0 Å². The first-order chi connectivity index (χ1) is 6.06. The Balaban J connectivity index is 3.40. The fourth-order valence-corrected chi connectivity index (χ4v) is 0.640. The number of hydrazine groups is 1. The quantitative estimate of drug-likeness (QED) is 0.193. The summed E-state index contributed by atoms with van der Waals surface area (Å²) in [6, 6.07) is -0.434. The Morgan fingerprint density at radius 1 is 1.62 bits per heavy atom. The molecule has 0 saturated heterocycles. The molecule has 6 nitrogen and oxygen atoms in total. The number of carbonyl (C=O) groups is 1. The first kappa shape index (κ1) is 12.9. The number of aliphatic hydroxyl groups is 2. The molecule has 0 aliphatic heterocycles. The van der Waals surface area contributed by atoms with Gasteiger partial charge in [0.05, 0.1) is 16.8 Å². The van der Waals surface area contributed by atoms with E-state index in [-0.39, 0.29) is 17.2 Å². The number of rotatable bonds is 5. The lowest BCUT2D eigenvalue weighted by atomic mass is 10.4. The Kier molecular flexibility index (Phi) is 7.23. The van der Waals surface area contributed by atoms with Crippen LogP contribution in [0.2, 0.25) is 0 Å². The molecular formula is C6H14IN3O3. The summed E-state index contributed by atoms with van der Waals surface area (Å²) in [6.07, 6.45) is -0.914. The molecule has 0 aromatic heterocycles. The van der Waals surface area contributed by atoms with E-state index in [0.717, 1.165) is 0 Å². The molecule has 78 valence electrons. The number of nitrogens with one attached hydrogen (secondary N) is 3. The van der Waals surface area contributed by atoms with Gasteiger partial charge in [-0.05, 0) is 6.92 Å². The highest BCUT2D eigenvalue weighted by molar-refractivity contribution is 14.1. The number of urea groups is 1. The van der Waals surface area contributed by atoms with E-state index in [9.17, 15) is 4.79 Å². The topological polar surface area (TPSA) is 93.6 Å². The van der Waals surface area contributed by atoms with Gasteiger partial charge in [0.25, 0.3) is 0 Å². The summed E-state index contributed by atoms with van der Waals surface area (Å²) in [7, 11) is 0. The van der Waals surface area contributed by atoms with Crippen molar-refractivity contribution in [3.8, 4) is 0 Å². The lowest BCUT2D eigenvalue weighted by molar-refractivity contribution is 0.0958. The maximum Gasteiger partial charge on any atom is 0.329 e. The normalized spacial score (nSPS) is 14.8. The highest BCUT2D eigenvalue weighted by Crippen LogP contribution is 1.88. The van der Waals surface area contributed by atoms with Crippen molar-refractivity contribution in [2.75, 3.05) is 13.2 Å². The third-order valence-corrected chi connectivity index (χ3v) is 1.40. The minimum Gasteiger partial charge on any atom is -0.394 e. The van der Waals surface area contributed by atoms with E-state index in [4.69, 9.17) is 10.2 Å². The predicted molar refractivity (Wildman–Crippen MR) is 56.2 cm³/mol. The lowest BCUT2D eigenvalue weighted by Gasteiger charge is -2.11. The van der Waals surface area contributed by atoms with Gasteiger partial charge in [-0.1, -0.05) is 22.6 Å². The Morgan fingerprint density at radius 3 is 2.69 bits per heavy atom. The number of hydrogen-bond donors (Lipinski definition) is 5. The van der Waals surface area contributed by atoms with E-state index in [1.54, 1.807) is 0 Å². The molecule has 0 aromatic rings. The fraction of sp³-hybridized carbons (Fsp3) is 0.833. The third-order valence-electron chi connectivity index (χ3n) is 1.09. The second kappa shape index (κ2) is 7.30. The minimum atomic E-state index is -0.914. The Labute approximate surface area is 90.2 Å². The summed E-state index contributed by atoms with van der Waals surface area (Å²) in [5, 5.41) is 19.7. The van der Waals surface area contributed by atoms with Crippen LogP contribution < -0.4 is 16.2 Å². The molecule has 2 atom stereocenters. The fourth-order valence-electron chi connectivity index (χ4n) is 0.484. The molecule has 0 aromatic carbocycles. The molecule has 7 heteroatoms. The van der Waals surface area contributed by atoms with Gasteiger partial charge in [-0.2, -0.15) is 0 Å². The van der Waals surface area contributed by atoms with E-state index in [0.29, 0.717) is 0 Å². The molecule has 0 bridgehead atoms. The first-order valence-electron chi connectivity index (χ1n) is 3.78. The van der Waals surface area contributed by atoms with Crippen LogP contribution in [-0.4, -0.2) is 39.5 Å². The number of hydrogen-bond acceptors (Lipinski definition) is 4. The third kappa shape index (κ3) is 8.22. The highest BCUT2D eigenvalue weighted by atomic mass is 127. The SMILES string of the molecule is CC(I)NNC(=O)NC[C@H](O)CO. The van der Waals surface area contributed by atoms with Crippen molar-refractivity contribution in [2.45, 2.75) is 17.1 Å². The second-order valence-corrected chi connectivity index (χ2v) is 4.30. The molecule has 0 heterocycles. The molecule has 0 saturated carbocycles. The standard InChI is InChI=1S/C6H14IN3O3/c1-4(7)9-10-6(13)8-2-5(12)3-11/h4-5,9,11-12H,2-3H2,1H3,(H2,8,10,13)/t4?,5-/m0/s1. The van der Waals surface area contributed by atoms with Gasteiger partial charge in [0.2, 0.25) is 0 Å². The van der Waals surface area contributed by atoms with Gasteiger partial charge in [-0.15, -0.1) is 0 Å². The first-order valence-corrected chi connectivity index (χ1v) is 5.03. The van der Waals surface area contributed by atoms with Crippen LogP contribution in [0.4, 0.5) is 4.79 Å². The van der Waals surface area contributed by atoms with Crippen molar-refractivity contribution in [2.24, 2.45) is 0 Å². The van der Waals surface area contributed by atoms with E-state index >= 15 is 0 Å². The van der Waals surface area contributed by atoms with Crippen LogP contribution in [0.3, 0.4) is 0 Å². The Morgan fingerprint density at radius 2 is 2.23 bits per heavy atom. The monoisotopic (exact) mass is 303 g/mol. The number of alkyl halides is 1. The van der Waals surface area contributed by atoms with Crippen molar-refractivity contribution >= 4 is 28.6 Å². The van der Waals surface area contributed by atoms with Crippen LogP contribution in [0.25, 0.3) is 0 Å². The van der Waals surface area contributed by atoms with Gasteiger partial charge in [-0.25, -0.2) is 10.2 Å². The van der Waals surface area contributed by atoms with Gasteiger partial charge in [0.1, 0.15) is 0 Å². The van der Waals surface area contributed by atoms with Crippen LogP contribution in [0.5, 0.6) is 0 Å². The van der Waals surface area contributed by atoms with E-state index in [1.165, 1.54) is 0 Å². The van der Waals surface area contributed by atoms with Crippen LogP contribution >= 0.6 is 22.6 Å². The maximum atomic E-state index is 10.9. The van der Waals surface area contributed by atoms with E-state index in [1.807, 2.05) is 6.92 Å². The van der Waals surface area contributed by atoms with Gasteiger partial charge in [0, 0.05) is 6.54 Å². The van der Waals surface area contributed by atoms with Crippen molar-refractivity contribution in [1.29, 1.82) is 0 Å². The van der Waals surface area contributed by atoms with Crippen LogP contribution in [-0.2, 0) is 0 Å². The minimum absolute atomic E-state index is 0.0274. The van der Waals surface area contributed by atoms with Gasteiger partial charge in [0.15, 0.2) is 0 Å². The zero-order valence-electron chi connectivity index (χ0n) is 7.25. The summed E-state index contributed by atoms with van der Waals surface area (Å²) in [4.78, 5) is 10.9. The molecular weight excluding hydrogens is 289 g/mol. The second-order valence-electron chi connectivity index (χ2n) is 2.43. The summed E-state index contributed by atoms with van der Waals surface area (Å²) < 4.78 is 0.117. The largest absolute Gasteiger partial charge is 0.394 e. The molecule has 0 rings (SSSR count). The van der Waals surface area contributed by atoms with Crippen molar-refractivity contribution < 1.29 is 15.0 Å². The molecule has 0 fully saturated rings. The number of amides is 2. The smallest absolute Gasteiger partial charge is 0.329 e. The van der Waals surface area contributed by atoms with Crippen molar-refractivity contribution in [3.05, 3.63) is 0 Å². The molecule has 2 amide bonds. The molecule has 5 N–H and O–H groups in total. The summed E-state index contributed by atoms with van der Waals surface area (Å²) in [6.45, 7) is 1.53. The Bertz CT molecular complexity index is 156. The molecule has 1 unspecified atom stereocenters. The number of halogens is 1. The molecule has 0 radical (unpaired) electrons.